The Hall–Kier alpha value is -3.18. The summed E-state index contributed by atoms with van der Waals surface area (Å²) in [7, 11) is 0. The average Bonchev–Trinajstić information content (AvgIpc) is 2.90. The molecular weight excluding hydrogens is 787 g/mol. The third-order valence-electron chi connectivity index (χ3n) is 8.52. The zero-order valence-electron chi connectivity index (χ0n) is 47.6. The maximum absolute atomic E-state index is 12.4. The molecule has 0 atom stereocenters. The largest absolute Gasteiger partial charge is 0.333 e. The van der Waals surface area contributed by atoms with E-state index >= 15 is 0 Å². The number of aliphatic imine (C=N–C) groups is 3. The first-order valence-electron chi connectivity index (χ1n) is 23.3. The lowest BCUT2D eigenvalue weighted by molar-refractivity contribution is -0.128. The molecule has 0 aliphatic heterocycles. The first-order chi connectivity index (χ1) is 27.2. The van der Waals surface area contributed by atoms with Gasteiger partial charge in [-0.1, -0.05) is 62.3 Å². The predicted octanol–water partition coefficient (Wildman–Crippen LogP) is 11.4. The van der Waals surface area contributed by atoms with Gasteiger partial charge in [-0.2, -0.15) is 0 Å². The number of guanidine groups is 3. The monoisotopic (exact) mass is 892 g/mol. The number of carbonyl (C=O) groups is 3. The number of rotatable bonds is 3. The second-order valence-corrected chi connectivity index (χ2v) is 26.8. The van der Waals surface area contributed by atoms with E-state index in [0.717, 1.165) is 0 Å². The highest BCUT2D eigenvalue weighted by atomic mass is 16.2. The fourth-order valence-corrected chi connectivity index (χ4v) is 6.96. The Balaban J connectivity index is -0.000000857. The highest BCUT2D eigenvalue weighted by Crippen LogP contribution is 2.28. The van der Waals surface area contributed by atoms with E-state index in [0.29, 0.717) is 17.9 Å². The summed E-state index contributed by atoms with van der Waals surface area (Å²) in [6.45, 7) is 67.8. The van der Waals surface area contributed by atoms with Crippen LogP contribution in [0.4, 0.5) is 0 Å². The van der Waals surface area contributed by atoms with Crippen molar-refractivity contribution in [3.05, 3.63) is 0 Å². The van der Waals surface area contributed by atoms with Gasteiger partial charge >= 0.3 is 0 Å². The second-order valence-electron chi connectivity index (χ2n) is 26.8. The zero-order valence-corrected chi connectivity index (χ0v) is 47.6. The molecule has 0 fully saturated rings. The lowest BCUT2D eigenvalue weighted by Crippen LogP contribution is -2.61. The predicted molar refractivity (Wildman–Crippen MR) is 275 cm³/mol. The lowest BCUT2D eigenvalue weighted by Gasteiger charge is -2.47. The molecule has 0 saturated heterocycles. The van der Waals surface area contributed by atoms with Crippen molar-refractivity contribution < 1.29 is 14.4 Å². The van der Waals surface area contributed by atoms with Crippen molar-refractivity contribution in [3.63, 3.8) is 0 Å². The van der Waals surface area contributed by atoms with E-state index in [4.69, 9.17) is 0 Å². The van der Waals surface area contributed by atoms with Crippen LogP contribution in [0.1, 0.15) is 228 Å². The minimum atomic E-state index is -0.445. The van der Waals surface area contributed by atoms with Crippen LogP contribution in [0, 0.1) is 16.2 Å². The number of nitrogens with one attached hydrogen (secondary N) is 3. The van der Waals surface area contributed by atoms with Crippen LogP contribution in [0.3, 0.4) is 0 Å². The molecule has 0 aromatic heterocycles. The molecule has 0 aromatic carbocycles. The summed E-state index contributed by atoms with van der Waals surface area (Å²) in [6, 6.07) is 0.354. The minimum Gasteiger partial charge on any atom is -0.333 e. The fourth-order valence-electron chi connectivity index (χ4n) is 6.96. The summed E-state index contributed by atoms with van der Waals surface area (Å²) in [5, 5.41) is 9.12. The van der Waals surface area contributed by atoms with E-state index in [9.17, 15) is 14.4 Å². The number of amides is 3. The SMILES string of the molecule is CC(C)N=C(NC(=O)C(C)(C)C)N(C(C)(C)C)C(C)(C)C.CC(C)N=C(NC(=O)C(C)(C)C)N(C(C)(C)C)C(C)(C)C.CC(C)N=C(NC(=O)C(C)(C)C)N(C(C)(C)C)C(C)(C)C. The smallest absolute Gasteiger partial charge is 0.232 e. The molecule has 3 amide bonds. The molecule has 0 rings (SSSR count). The molecule has 0 heterocycles. The lowest BCUT2D eigenvalue weighted by atomic mass is 9.94. The van der Waals surface area contributed by atoms with Gasteiger partial charge in [-0.15, -0.1) is 0 Å². The van der Waals surface area contributed by atoms with Crippen molar-refractivity contribution in [3.8, 4) is 0 Å². The Kier molecular flexibility index (Phi) is 23.2. The van der Waals surface area contributed by atoms with E-state index < -0.39 is 16.2 Å². The van der Waals surface area contributed by atoms with Gasteiger partial charge in [0.2, 0.25) is 35.6 Å². The summed E-state index contributed by atoms with van der Waals surface area (Å²) < 4.78 is 0. The molecule has 0 unspecified atom stereocenters. The summed E-state index contributed by atoms with van der Waals surface area (Å²) >= 11 is 0. The van der Waals surface area contributed by atoms with Crippen LogP contribution in [0.25, 0.3) is 0 Å². The van der Waals surface area contributed by atoms with E-state index in [2.05, 4.69) is 170 Å². The molecule has 0 saturated carbocycles. The van der Waals surface area contributed by atoms with E-state index in [1.165, 1.54) is 0 Å². The molecular formula is C51H105N9O3. The van der Waals surface area contributed by atoms with Crippen molar-refractivity contribution in [1.82, 2.24) is 30.7 Å². The van der Waals surface area contributed by atoms with Crippen molar-refractivity contribution >= 4 is 35.6 Å². The van der Waals surface area contributed by atoms with Crippen LogP contribution in [-0.2, 0) is 14.4 Å². The summed E-state index contributed by atoms with van der Waals surface area (Å²) in [6.07, 6.45) is 0. The van der Waals surface area contributed by atoms with E-state index in [-0.39, 0.29) is 69.1 Å². The summed E-state index contributed by atoms with van der Waals surface area (Å²) in [4.78, 5) is 57.8. The topological polar surface area (TPSA) is 134 Å². The third kappa shape index (κ3) is 25.2. The van der Waals surface area contributed by atoms with Gasteiger partial charge in [0.25, 0.3) is 0 Å². The van der Waals surface area contributed by atoms with Gasteiger partial charge in [-0.05, 0) is 166 Å². The Bertz CT molecular complexity index is 1310. The van der Waals surface area contributed by atoms with Gasteiger partial charge in [0.15, 0.2) is 0 Å². The number of nitrogens with zero attached hydrogens (tertiary/aromatic N) is 6. The summed E-state index contributed by atoms with van der Waals surface area (Å²) in [5.74, 6) is 1.93. The molecule has 12 heteroatoms. The summed E-state index contributed by atoms with van der Waals surface area (Å²) in [5.41, 5.74) is -2.19. The third-order valence-corrected chi connectivity index (χ3v) is 8.52. The van der Waals surface area contributed by atoms with Crippen molar-refractivity contribution in [2.75, 3.05) is 0 Å². The number of carbonyl (C=O) groups excluding carboxylic acids is 3. The van der Waals surface area contributed by atoms with Gasteiger partial charge in [-0.3, -0.25) is 30.3 Å². The number of hydrogen-bond acceptors (Lipinski definition) is 6. The van der Waals surface area contributed by atoms with Crippen LogP contribution in [0.2, 0.25) is 0 Å². The average molecular weight is 892 g/mol. The van der Waals surface area contributed by atoms with Gasteiger partial charge in [0.05, 0.1) is 0 Å². The van der Waals surface area contributed by atoms with Gasteiger partial charge in [-0.25, -0.2) is 15.0 Å². The second kappa shape index (κ2) is 22.8. The highest BCUT2D eigenvalue weighted by Gasteiger charge is 2.39. The van der Waals surface area contributed by atoms with Gasteiger partial charge in [0, 0.05) is 67.6 Å². The van der Waals surface area contributed by atoms with Crippen LogP contribution < -0.4 is 16.0 Å². The number of hydrogen-bond donors (Lipinski definition) is 3. The van der Waals surface area contributed by atoms with Crippen molar-refractivity contribution in [2.24, 2.45) is 31.2 Å². The molecule has 12 nitrogen and oxygen atoms in total. The Labute approximate surface area is 390 Å². The van der Waals surface area contributed by atoms with E-state index in [1.807, 2.05) is 104 Å². The molecule has 0 spiro atoms. The normalized spacial score (nSPS) is 14.4. The fraction of sp³-hybridized carbons (Fsp3) is 0.882. The van der Waals surface area contributed by atoms with E-state index in [1.54, 1.807) is 0 Å². The van der Waals surface area contributed by atoms with Crippen molar-refractivity contribution in [1.29, 1.82) is 0 Å². The molecule has 0 radical (unpaired) electrons. The quantitative estimate of drug-likeness (QED) is 0.191. The molecule has 3 N–H and O–H groups in total. The van der Waals surface area contributed by atoms with Gasteiger partial charge in [0.1, 0.15) is 0 Å². The molecule has 0 bridgehead atoms. The zero-order chi connectivity index (χ0) is 51.7. The molecule has 0 aromatic rings. The molecule has 0 aliphatic carbocycles. The molecule has 0 aliphatic rings. The van der Waals surface area contributed by atoms with Crippen LogP contribution in [-0.4, -0.2) is 102 Å². The Morgan fingerprint density at radius 2 is 0.429 bits per heavy atom. The van der Waals surface area contributed by atoms with Crippen LogP contribution >= 0.6 is 0 Å². The van der Waals surface area contributed by atoms with Crippen LogP contribution in [0.5, 0.6) is 0 Å². The Morgan fingerprint density at radius 1 is 0.302 bits per heavy atom. The molecule has 63 heavy (non-hydrogen) atoms. The van der Waals surface area contributed by atoms with Crippen LogP contribution in [0.15, 0.2) is 15.0 Å². The highest BCUT2D eigenvalue weighted by molar-refractivity contribution is 6.01. The van der Waals surface area contributed by atoms with Gasteiger partial charge < -0.3 is 14.7 Å². The first-order valence-corrected chi connectivity index (χ1v) is 23.3. The minimum absolute atomic E-state index is 0.0135. The standard InChI is InChI=1S/3C17H35N3O/c3*1-12(2)18-14(19-13(21)15(3,4)5)20(16(6,7)8)17(9,10)11/h3*12H,1-11H3,(H,18,19,21). The molecule has 372 valence electrons. The van der Waals surface area contributed by atoms with Crippen molar-refractivity contribution in [2.45, 2.75) is 280 Å². The maximum atomic E-state index is 12.4. The Morgan fingerprint density at radius 3 is 0.508 bits per heavy atom. The maximum Gasteiger partial charge on any atom is 0.232 e. The first kappa shape index (κ1) is 64.1.